The summed E-state index contributed by atoms with van der Waals surface area (Å²) in [7, 11) is -3.66. The van der Waals surface area contributed by atoms with Crippen molar-refractivity contribution in [2.75, 3.05) is 0 Å². The van der Waals surface area contributed by atoms with Crippen LogP contribution in [0.5, 0.6) is 0 Å². The topological polar surface area (TPSA) is 133 Å². The van der Waals surface area contributed by atoms with Gasteiger partial charge in [-0.05, 0) is 13.3 Å². The van der Waals surface area contributed by atoms with Crippen LogP contribution in [0.15, 0.2) is 16.4 Å². The van der Waals surface area contributed by atoms with Gasteiger partial charge in [-0.2, -0.15) is 0 Å². The minimum absolute atomic E-state index is 0.00189. The number of nitrogens with one attached hydrogen (secondary N) is 2. The highest BCUT2D eigenvalue weighted by Crippen LogP contribution is 2.08. The third kappa shape index (κ3) is 3.70. The summed E-state index contributed by atoms with van der Waals surface area (Å²) in [6, 6.07) is -0.436. The second-order valence-electron chi connectivity index (χ2n) is 3.85. The third-order valence-corrected chi connectivity index (χ3v) is 3.80. The van der Waals surface area contributed by atoms with E-state index in [1.807, 2.05) is 0 Å². The average molecular weight is 275 g/mol. The molecular weight excluding hydrogens is 258 g/mol. The number of aryl methyl sites for hydroxylation is 1. The van der Waals surface area contributed by atoms with Crippen LogP contribution in [0, 0.1) is 6.92 Å². The first-order valence-corrected chi connectivity index (χ1v) is 6.87. The second kappa shape index (κ2) is 5.83. The van der Waals surface area contributed by atoms with E-state index in [4.69, 9.17) is 10.9 Å². The number of H-pyrrole nitrogens is 1. The summed E-state index contributed by atoms with van der Waals surface area (Å²) in [4.78, 5) is 6.47. The normalized spacial score (nSPS) is 14.7. The highest BCUT2D eigenvalue weighted by molar-refractivity contribution is 7.89. The molecule has 0 radical (unpaired) electrons. The summed E-state index contributed by atoms with van der Waals surface area (Å²) < 4.78 is 26.4. The fourth-order valence-electron chi connectivity index (χ4n) is 1.38. The molecule has 0 aromatic carbocycles. The van der Waals surface area contributed by atoms with Gasteiger partial charge in [0.15, 0.2) is 5.03 Å². The van der Waals surface area contributed by atoms with Gasteiger partial charge in [0.1, 0.15) is 11.7 Å². The van der Waals surface area contributed by atoms with Crippen molar-refractivity contribution in [2.24, 2.45) is 10.9 Å². The molecule has 8 nitrogen and oxygen atoms in total. The molecule has 0 aliphatic heterocycles. The maximum Gasteiger partial charge on any atom is 0.257 e. The van der Waals surface area contributed by atoms with Crippen LogP contribution in [0.3, 0.4) is 0 Å². The summed E-state index contributed by atoms with van der Waals surface area (Å²) in [5.41, 5.74) is 5.36. The Hall–Kier alpha value is -1.61. The first-order valence-electron chi connectivity index (χ1n) is 5.39. The number of nitrogens with zero attached hydrogens (tertiary/aromatic N) is 2. The van der Waals surface area contributed by atoms with Gasteiger partial charge in [0.25, 0.3) is 10.0 Å². The molecule has 0 bridgehead atoms. The van der Waals surface area contributed by atoms with Crippen molar-refractivity contribution in [2.45, 2.75) is 37.8 Å². The predicted molar refractivity (Wildman–Crippen MR) is 65.8 cm³/mol. The highest BCUT2D eigenvalue weighted by atomic mass is 32.2. The zero-order valence-corrected chi connectivity index (χ0v) is 11.0. The molecule has 9 heteroatoms. The number of oxime groups is 1. The van der Waals surface area contributed by atoms with E-state index in [-0.39, 0.29) is 17.3 Å². The van der Waals surface area contributed by atoms with Crippen LogP contribution in [0.25, 0.3) is 0 Å². The Balaban J connectivity index is 2.81. The molecule has 1 unspecified atom stereocenters. The maximum atomic E-state index is 12.0. The number of hydrogen-bond acceptors (Lipinski definition) is 5. The number of amidine groups is 1. The van der Waals surface area contributed by atoms with E-state index in [0.717, 1.165) is 0 Å². The first kappa shape index (κ1) is 14.5. The van der Waals surface area contributed by atoms with Crippen molar-refractivity contribution in [3.05, 3.63) is 12.0 Å². The lowest BCUT2D eigenvalue weighted by atomic mass is 10.1. The number of sulfonamides is 1. The fraction of sp³-hybridized carbons (Fsp3) is 0.556. The van der Waals surface area contributed by atoms with Crippen LogP contribution in [0.1, 0.15) is 25.6 Å². The van der Waals surface area contributed by atoms with Gasteiger partial charge in [-0.3, -0.25) is 0 Å². The third-order valence-electron chi connectivity index (χ3n) is 2.37. The van der Waals surface area contributed by atoms with Gasteiger partial charge in [-0.1, -0.05) is 12.1 Å². The van der Waals surface area contributed by atoms with Crippen LogP contribution in [0.4, 0.5) is 0 Å². The number of aromatic amines is 1. The monoisotopic (exact) mass is 275 g/mol. The summed E-state index contributed by atoms with van der Waals surface area (Å²) in [5.74, 6) is 0.491. The standard InChI is InChI=1S/C9H17N5O3S/c1-3-7(4-8(10)13-15)14-18(16,17)9-5-11-6(2)12-9/h5,7,14-15H,3-4H2,1-2H3,(H2,10,13)(H,11,12). The van der Waals surface area contributed by atoms with E-state index in [0.29, 0.717) is 12.2 Å². The van der Waals surface area contributed by atoms with Crippen LogP contribution in [0.2, 0.25) is 0 Å². The van der Waals surface area contributed by atoms with Crippen LogP contribution < -0.4 is 10.5 Å². The number of nitrogens with two attached hydrogens (primary N) is 1. The van der Waals surface area contributed by atoms with Gasteiger partial charge in [0.05, 0.1) is 6.20 Å². The van der Waals surface area contributed by atoms with Gasteiger partial charge in [0, 0.05) is 12.5 Å². The highest BCUT2D eigenvalue weighted by Gasteiger charge is 2.21. The SMILES string of the molecule is CCC(C/C(N)=N/O)NS(=O)(=O)c1cnc(C)[nH]1. The van der Waals surface area contributed by atoms with E-state index >= 15 is 0 Å². The minimum Gasteiger partial charge on any atom is -0.409 e. The van der Waals surface area contributed by atoms with Gasteiger partial charge >= 0.3 is 0 Å². The zero-order valence-electron chi connectivity index (χ0n) is 10.2. The molecule has 1 aromatic rings. The molecule has 18 heavy (non-hydrogen) atoms. The number of rotatable bonds is 6. The molecule has 102 valence electrons. The van der Waals surface area contributed by atoms with Crippen LogP contribution >= 0.6 is 0 Å². The molecule has 0 fully saturated rings. The van der Waals surface area contributed by atoms with E-state index in [9.17, 15) is 8.42 Å². The molecule has 0 spiro atoms. The molecule has 5 N–H and O–H groups in total. The average Bonchev–Trinajstić information content (AvgIpc) is 2.75. The lowest BCUT2D eigenvalue weighted by Crippen LogP contribution is -2.37. The molecule has 0 saturated carbocycles. The quantitative estimate of drug-likeness (QED) is 0.249. The summed E-state index contributed by atoms with van der Waals surface area (Å²) in [6.45, 7) is 3.46. The molecule has 1 atom stereocenters. The van der Waals surface area contributed by atoms with Gasteiger partial charge in [-0.15, -0.1) is 0 Å². The predicted octanol–water partition coefficient (Wildman–Crippen LogP) is -0.0885. The van der Waals surface area contributed by atoms with Crippen molar-refractivity contribution < 1.29 is 13.6 Å². The Morgan fingerprint density at radius 2 is 2.39 bits per heavy atom. The first-order chi connectivity index (χ1) is 8.39. The Kier molecular flexibility index (Phi) is 4.68. The van der Waals surface area contributed by atoms with Crippen LogP contribution in [-0.4, -0.2) is 35.5 Å². The molecule has 1 heterocycles. The van der Waals surface area contributed by atoms with E-state index < -0.39 is 16.1 Å². The van der Waals surface area contributed by atoms with Gasteiger partial charge < -0.3 is 15.9 Å². The lowest BCUT2D eigenvalue weighted by Gasteiger charge is -2.15. The molecule has 0 amide bonds. The number of imidazole rings is 1. The molecule has 0 aliphatic rings. The summed E-state index contributed by atoms with van der Waals surface area (Å²) in [5, 5.41) is 11.3. The van der Waals surface area contributed by atoms with Crippen molar-refractivity contribution in [1.29, 1.82) is 0 Å². The Bertz CT molecular complexity index is 522. The van der Waals surface area contributed by atoms with E-state index in [2.05, 4.69) is 19.8 Å². The van der Waals surface area contributed by atoms with E-state index in [1.165, 1.54) is 6.20 Å². The van der Waals surface area contributed by atoms with Crippen molar-refractivity contribution in [1.82, 2.24) is 14.7 Å². The molecular formula is C9H17N5O3S. The molecule has 1 rings (SSSR count). The Labute approximate surface area is 105 Å². The van der Waals surface area contributed by atoms with Crippen molar-refractivity contribution in [3.8, 4) is 0 Å². The van der Waals surface area contributed by atoms with Crippen molar-refractivity contribution >= 4 is 15.9 Å². The fourth-order valence-corrected chi connectivity index (χ4v) is 2.67. The zero-order chi connectivity index (χ0) is 13.8. The largest absolute Gasteiger partial charge is 0.409 e. The number of hydrogen-bond donors (Lipinski definition) is 4. The number of aromatic nitrogens is 2. The Morgan fingerprint density at radius 3 is 2.83 bits per heavy atom. The van der Waals surface area contributed by atoms with Gasteiger partial charge in [0.2, 0.25) is 0 Å². The molecule has 0 aliphatic carbocycles. The Morgan fingerprint density at radius 1 is 1.72 bits per heavy atom. The maximum absolute atomic E-state index is 12.0. The summed E-state index contributed by atoms with van der Waals surface area (Å²) >= 11 is 0. The molecule has 1 aromatic heterocycles. The smallest absolute Gasteiger partial charge is 0.257 e. The molecule has 0 saturated heterocycles. The lowest BCUT2D eigenvalue weighted by molar-refractivity contribution is 0.316. The second-order valence-corrected chi connectivity index (χ2v) is 5.54. The van der Waals surface area contributed by atoms with E-state index in [1.54, 1.807) is 13.8 Å². The summed E-state index contributed by atoms with van der Waals surface area (Å²) in [6.07, 6.45) is 1.90. The van der Waals surface area contributed by atoms with Crippen LogP contribution in [-0.2, 0) is 10.0 Å². The minimum atomic E-state index is -3.66. The van der Waals surface area contributed by atoms with Gasteiger partial charge in [-0.25, -0.2) is 18.1 Å². The van der Waals surface area contributed by atoms with Crippen molar-refractivity contribution in [3.63, 3.8) is 0 Å².